The number of aliphatic hydroxyl groups is 3. The fraction of sp³-hybridized carbons (Fsp3) is 0.385. The maximum absolute atomic E-state index is 10.8. The third-order valence-corrected chi connectivity index (χ3v) is 3.85. The van der Waals surface area contributed by atoms with Crippen LogP contribution in [0.2, 0.25) is 0 Å². The van der Waals surface area contributed by atoms with E-state index in [2.05, 4.69) is 0 Å². The normalized spacial score (nSPS) is 29.1. The number of aliphatic hydroxyl groups excluding tert-OH is 3. The lowest BCUT2D eigenvalue weighted by atomic mass is 10.1. The molecule has 8 heteroatoms. The minimum absolute atomic E-state index is 0.0498. The van der Waals surface area contributed by atoms with Gasteiger partial charge in [0.2, 0.25) is 0 Å². The van der Waals surface area contributed by atoms with Crippen LogP contribution in [0.4, 0.5) is 5.69 Å². The van der Waals surface area contributed by atoms with E-state index in [9.17, 15) is 25.4 Å². The van der Waals surface area contributed by atoms with Crippen LogP contribution in [0.1, 0.15) is 0 Å². The highest BCUT2D eigenvalue weighted by molar-refractivity contribution is 5.82. The molecule has 1 aliphatic heterocycles. The maximum atomic E-state index is 10.8. The molecular formula is C13H14N2O6. The number of nitro groups is 1. The molecule has 21 heavy (non-hydrogen) atoms. The molecule has 1 fully saturated rings. The van der Waals surface area contributed by atoms with Crippen LogP contribution in [0.15, 0.2) is 30.5 Å². The first kappa shape index (κ1) is 14.0. The van der Waals surface area contributed by atoms with Gasteiger partial charge in [0.25, 0.3) is 5.69 Å². The predicted octanol–water partition coefficient (Wildman–Crippen LogP) is -0.0534. The highest BCUT2D eigenvalue weighted by atomic mass is 16.6. The number of ether oxygens (including phenoxy) is 1. The molecule has 3 atom stereocenters. The van der Waals surface area contributed by atoms with E-state index in [0.29, 0.717) is 10.9 Å². The lowest BCUT2D eigenvalue weighted by Gasteiger charge is -2.32. The number of hydrogen-bond acceptors (Lipinski definition) is 6. The molecule has 8 nitrogen and oxygen atoms in total. The van der Waals surface area contributed by atoms with Crippen LogP contribution < -0.4 is 0 Å². The van der Waals surface area contributed by atoms with Crippen molar-refractivity contribution >= 4 is 16.6 Å². The zero-order chi connectivity index (χ0) is 15.2. The minimum atomic E-state index is -1.49. The zero-order valence-corrected chi connectivity index (χ0v) is 10.9. The van der Waals surface area contributed by atoms with Gasteiger partial charge in [0.05, 0.1) is 23.7 Å². The van der Waals surface area contributed by atoms with Crippen LogP contribution in [-0.2, 0) is 10.5 Å². The molecule has 1 aromatic carbocycles. The van der Waals surface area contributed by atoms with Gasteiger partial charge < -0.3 is 24.6 Å². The molecule has 3 rings (SSSR count). The molecule has 0 aliphatic carbocycles. The number of nitrogens with zero attached hydrogens (tertiary/aromatic N) is 2. The lowest BCUT2D eigenvalue weighted by Crippen LogP contribution is -2.48. The van der Waals surface area contributed by atoms with Crippen LogP contribution in [0.3, 0.4) is 0 Å². The molecule has 1 saturated heterocycles. The Bertz CT molecular complexity index is 699. The molecule has 3 N–H and O–H groups in total. The van der Waals surface area contributed by atoms with E-state index in [0.717, 1.165) is 0 Å². The highest BCUT2D eigenvalue weighted by Crippen LogP contribution is 2.35. The van der Waals surface area contributed by atoms with Crippen molar-refractivity contribution in [2.75, 3.05) is 13.2 Å². The summed E-state index contributed by atoms with van der Waals surface area (Å²) in [4.78, 5) is 10.3. The summed E-state index contributed by atoms with van der Waals surface area (Å²) in [6.45, 7) is -0.639. The molecule has 0 amide bonds. The van der Waals surface area contributed by atoms with E-state index in [1.165, 1.54) is 22.8 Å². The van der Waals surface area contributed by atoms with Crippen LogP contribution in [0.25, 0.3) is 10.9 Å². The summed E-state index contributed by atoms with van der Waals surface area (Å²) < 4.78 is 6.92. The van der Waals surface area contributed by atoms with Crippen LogP contribution in [0.5, 0.6) is 0 Å². The first-order valence-electron chi connectivity index (χ1n) is 6.36. The second-order valence-corrected chi connectivity index (χ2v) is 5.01. The third-order valence-electron chi connectivity index (χ3n) is 3.85. The van der Waals surface area contributed by atoms with E-state index in [1.807, 2.05) is 0 Å². The Labute approximate surface area is 119 Å². The molecule has 112 valence electrons. The van der Waals surface area contributed by atoms with E-state index < -0.39 is 29.5 Å². The predicted molar refractivity (Wildman–Crippen MR) is 71.6 cm³/mol. The van der Waals surface area contributed by atoms with Gasteiger partial charge in [-0.2, -0.15) is 0 Å². The number of rotatable bonds is 3. The minimum Gasteiger partial charge on any atom is -0.391 e. The van der Waals surface area contributed by atoms with Crippen molar-refractivity contribution in [2.45, 2.75) is 17.9 Å². The van der Waals surface area contributed by atoms with E-state index >= 15 is 0 Å². The summed E-state index contributed by atoms with van der Waals surface area (Å²) >= 11 is 0. The molecule has 2 aromatic rings. The SMILES string of the molecule is O=[N+]([O-])c1ccc2c(ccn2[C@@]2(CO)OC[C@H](O)[C@@H]2O)c1. The van der Waals surface area contributed by atoms with Crippen molar-refractivity contribution in [2.24, 2.45) is 0 Å². The summed E-state index contributed by atoms with van der Waals surface area (Å²) in [6, 6.07) is 5.88. The Hall–Kier alpha value is -2.00. The number of aromatic nitrogens is 1. The Balaban J connectivity index is 2.14. The number of hydrogen-bond donors (Lipinski definition) is 3. The Kier molecular flexibility index (Phi) is 3.18. The largest absolute Gasteiger partial charge is 0.391 e. The fourth-order valence-corrected chi connectivity index (χ4v) is 2.71. The van der Waals surface area contributed by atoms with Gasteiger partial charge in [0, 0.05) is 23.7 Å². The summed E-state index contributed by atoms with van der Waals surface area (Å²) in [6.07, 6.45) is -0.841. The van der Waals surface area contributed by atoms with E-state index in [-0.39, 0.29) is 12.3 Å². The molecule has 2 heterocycles. The maximum Gasteiger partial charge on any atom is 0.270 e. The first-order valence-corrected chi connectivity index (χ1v) is 6.36. The van der Waals surface area contributed by atoms with Gasteiger partial charge in [0.15, 0.2) is 5.72 Å². The van der Waals surface area contributed by atoms with Gasteiger partial charge in [0.1, 0.15) is 12.2 Å². The lowest BCUT2D eigenvalue weighted by molar-refractivity contribution is -0.384. The van der Waals surface area contributed by atoms with Crippen molar-refractivity contribution in [3.05, 3.63) is 40.6 Å². The summed E-state index contributed by atoms with van der Waals surface area (Å²) in [5, 5.41) is 40.8. The fourth-order valence-electron chi connectivity index (χ4n) is 2.71. The first-order chi connectivity index (χ1) is 9.99. The van der Waals surface area contributed by atoms with Crippen molar-refractivity contribution in [3.8, 4) is 0 Å². The molecule has 1 aromatic heterocycles. The number of nitro benzene ring substituents is 1. The Morgan fingerprint density at radius 1 is 1.43 bits per heavy atom. The molecule has 0 saturated carbocycles. The Morgan fingerprint density at radius 2 is 2.19 bits per heavy atom. The van der Waals surface area contributed by atoms with Gasteiger partial charge in [-0.15, -0.1) is 0 Å². The van der Waals surface area contributed by atoms with Crippen LogP contribution in [-0.4, -0.2) is 50.2 Å². The van der Waals surface area contributed by atoms with Gasteiger partial charge >= 0.3 is 0 Å². The average molecular weight is 294 g/mol. The van der Waals surface area contributed by atoms with Crippen molar-refractivity contribution in [1.29, 1.82) is 0 Å². The second-order valence-electron chi connectivity index (χ2n) is 5.01. The zero-order valence-electron chi connectivity index (χ0n) is 10.9. The topological polar surface area (TPSA) is 118 Å². The van der Waals surface area contributed by atoms with Crippen LogP contribution in [0, 0.1) is 10.1 Å². The summed E-state index contributed by atoms with van der Waals surface area (Å²) in [5.41, 5.74) is -0.980. The molecule has 0 spiro atoms. The van der Waals surface area contributed by atoms with Gasteiger partial charge in [-0.3, -0.25) is 10.1 Å². The third kappa shape index (κ3) is 1.92. The monoisotopic (exact) mass is 294 g/mol. The average Bonchev–Trinajstić information content (AvgIpc) is 3.02. The number of benzene rings is 1. The Morgan fingerprint density at radius 3 is 2.76 bits per heavy atom. The second kappa shape index (κ2) is 4.78. The summed E-state index contributed by atoms with van der Waals surface area (Å²) in [7, 11) is 0. The van der Waals surface area contributed by atoms with Gasteiger partial charge in [-0.25, -0.2) is 0 Å². The van der Waals surface area contributed by atoms with Crippen molar-refractivity contribution < 1.29 is 25.0 Å². The van der Waals surface area contributed by atoms with Gasteiger partial charge in [-0.05, 0) is 12.1 Å². The van der Waals surface area contributed by atoms with Crippen molar-refractivity contribution in [3.63, 3.8) is 0 Å². The smallest absolute Gasteiger partial charge is 0.270 e. The molecule has 0 radical (unpaired) electrons. The van der Waals surface area contributed by atoms with Crippen LogP contribution >= 0.6 is 0 Å². The standard InChI is InChI=1S/C13H14N2O6/c16-7-13(12(18)11(17)6-21-13)14-4-3-8-5-9(15(19)20)1-2-10(8)14/h1-5,11-12,16-18H,6-7H2/t11-,12-,13-/m0/s1. The molecule has 0 bridgehead atoms. The van der Waals surface area contributed by atoms with E-state index in [4.69, 9.17) is 4.74 Å². The molecular weight excluding hydrogens is 280 g/mol. The van der Waals surface area contributed by atoms with E-state index in [1.54, 1.807) is 12.3 Å². The molecule has 0 unspecified atom stereocenters. The number of non-ortho nitro benzene ring substituents is 1. The highest BCUT2D eigenvalue weighted by Gasteiger charge is 2.50. The summed E-state index contributed by atoms with van der Waals surface area (Å²) in [5.74, 6) is 0. The molecule has 1 aliphatic rings. The quantitative estimate of drug-likeness (QED) is 0.539. The number of fused-ring (bicyclic) bond motifs is 1. The van der Waals surface area contributed by atoms with Crippen molar-refractivity contribution in [1.82, 2.24) is 4.57 Å². The van der Waals surface area contributed by atoms with Gasteiger partial charge in [-0.1, -0.05) is 0 Å².